The molecule has 8 nitrogen and oxygen atoms in total. The molecular weight excluding hydrogens is 542 g/mol. The molecule has 0 aromatic heterocycles. The third-order valence-electron chi connectivity index (χ3n) is 8.73. The first-order valence-corrected chi connectivity index (χ1v) is 14.6. The van der Waals surface area contributed by atoms with Gasteiger partial charge >= 0.3 is 0 Å². The number of hydrogen-bond donors (Lipinski definition) is 1. The largest absolute Gasteiger partial charge is 0.394 e. The molecule has 4 aliphatic rings. The number of carbonyl (C=O) groups is 3. The molecular formula is C32H34ClN3O5. The minimum atomic E-state index is -1.36. The molecule has 214 valence electrons. The molecule has 41 heavy (non-hydrogen) atoms. The summed E-state index contributed by atoms with van der Waals surface area (Å²) in [6.07, 6.45) is 7.97. The minimum absolute atomic E-state index is 0.138. The Hall–Kier alpha value is -3.46. The summed E-state index contributed by atoms with van der Waals surface area (Å²) in [4.78, 5) is 48.0. The van der Waals surface area contributed by atoms with Crippen LogP contribution >= 0.6 is 11.6 Å². The van der Waals surface area contributed by atoms with Crippen LogP contribution in [0.5, 0.6) is 0 Å². The topological polar surface area (TPSA) is 90.4 Å². The summed E-state index contributed by atoms with van der Waals surface area (Å²) < 4.78 is 6.72. The maximum absolute atomic E-state index is 14.6. The van der Waals surface area contributed by atoms with E-state index in [4.69, 9.17) is 16.3 Å². The van der Waals surface area contributed by atoms with Gasteiger partial charge in [0, 0.05) is 30.3 Å². The van der Waals surface area contributed by atoms with Gasteiger partial charge in [0.1, 0.15) is 11.6 Å². The van der Waals surface area contributed by atoms with Crippen molar-refractivity contribution in [2.24, 2.45) is 11.8 Å². The number of aliphatic hydroxyl groups is 1. The minimum Gasteiger partial charge on any atom is -0.394 e. The zero-order valence-electron chi connectivity index (χ0n) is 22.9. The number of fused-ring (bicyclic) bond motifs is 2. The van der Waals surface area contributed by atoms with Crippen LogP contribution < -0.4 is 4.90 Å². The normalized spacial score (nSPS) is 29.7. The molecule has 0 bridgehead atoms. The van der Waals surface area contributed by atoms with Crippen molar-refractivity contribution in [3.63, 3.8) is 0 Å². The van der Waals surface area contributed by atoms with Crippen molar-refractivity contribution in [1.29, 1.82) is 0 Å². The number of likely N-dealkylation sites (tertiary alicyclic amines) is 1. The van der Waals surface area contributed by atoms with Gasteiger partial charge in [-0.1, -0.05) is 73.2 Å². The number of anilines is 1. The Morgan fingerprint density at radius 1 is 1.00 bits per heavy atom. The lowest BCUT2D eigenvalue weighted by Crippen LogP contribution is -2.58. The van der Waals surface area contributed by atoms with Gasteiger partial charge in [0.25, 0.3) is 5.91 Å². The van der Waals surface area contributed by atoms with Crippen LogP contribution in [0.3, 0.4) is 0 Å². The van der Waals surface area contributed by atoms with Crippen molar-refractivity contribution in [2.75, 3.05) is 31.1 Å². The summed E-state index contributed by atoms with van der Waals surface area (Å²) in [6, 6.07) is 14.8. The van der Waals surface area contributed by atoms with Gasteiger partial charge in [-0.15, -0.1) is 0 Å². The zero-order chi connectivity index (χ0) is 28.7. The third-order valence-corrected chi connectivity index (χ3v) is 8.98. The van der Waals surface area contributed by atoms with E-state index in [2.05, 4.69) is 0 Å². The lowest BCUT2D eigenvalue weighted by molar-refractivity contribution is -0.146. The SMILES string of the molecule is CCCN1CC=C[C@H]2O[C@]34C=CCN(c5ccc(Cl)cc5)C(=O)C3N([C@@H](CO)Cc3ccccc3)C(=O)[C@@H]4[C@H]2C1=O. The molecule has 1 spiro atoms. The molecule has 0 saturated carbocycles. The fourth-order valence-electron chi connectivity index (χ4n) is 6.98. The second-order valence-electron chi connectivity index (χ2n) is 11.2. The van der Waals surface area contributed by atoms with E-state index in [9.17, 15) is 19.5 Å². The molecule has 4 heterocycles. The number of hydrogen-bond acceptors (Lipinski definition) is 5. The highest BCUT2D eigenvalue weighted by Crippen LogP contribution is 2.54. The van der Waals surface area contributed by atoms with E-state index in [1.165, 1.54) is 4.90 Å². The molecule has 4 aliphatic heterocycles. The van der Waals surface area contributed by atoms with Gasteiger partial charge in [0.15, 0.2) is 0 Å². The molecule has 1 N–H and O–H groups in total. The van der Waals surface area contributed by atoms with Crippen LogP contribution in [0.2, 0.25) is 5.02 Å². The Morgan fingerprint density at radius 2 is 1.76 bits per heavy atom. The van der Waals surface area contributed by atoms with Gasteiger partial charge in [-0.3, -0.25) is 14.4 Å². The summed E-state index contributed by atoms with van der Waals surface area (Å²) in [5.74, 6) is -2.47. The predicted molar refractivity (Wildman–Crippen MR) is 155 cm³/mol. The van der Waals surface area contributed by atoms with E-state index in [0.29, 0.717) is 30.2 Å². The standard InChI is InChI=1S/C32H34ClN3O5/c1-2-16-34-17-6-10-25-26(29(34)38)27-30(39)36(24(20-37)19-21-8-4-3-5-9-21)28-31(40)35(18-7-15-32(27,28)41-25)23-13-11-22(33)12-14-23/h3-15,24-28,37H,2,16-20H2,1H3/t24-,25-,26+,27+,28?,32+/m1/s1. The van der Waals surface area contributed by atoms with Crippen LogP contribution in [0.1, 0.15) is 18.9 Å². The highest BCUT2D eigenvalue weighted by Gasteiger charge is 2.72. The van der Waals surface area contributed by atoms with Gasteiger partial charge in [-0.05, 0) is 42.7 Å². The van der Waals surface area contributed by atoms with Crippen molar-refractivity contribution in [2.45, 2.75) is 43.6 Å². The van der Waals surface area contributed by atoms with Gasteiger partial charge in [-0.2, -0.15) is 0 Å². The molecule has 2 aromatic rings. The van der Waals surface area contributed by atoms with Gasteiger partial charge in [-0.25, -0.2) is 0 Å². The summed E-state index contributed by atoms with van der Waals surface area (Å²) in [5.41, 5.74) is 0.208. The van der Waals surface area contributed by atoms with Crippen molar-refractivity contribution in [1.82, 2.24) is 9.80 Å². The second kappa shape index (κ2) is 11.1. The summed E-state index contributed by atoms with van der Waals surface area (Å²) in [6.45, 7) is 2.95. The lowest BCUT2D eigenvalue weighted by Gasteiger charge is -2.38. The Balaban J connectivity index is 1.47. The van der Waals surface area contributed by atoms with E-state index in [1.54, 1.807) is 34.1 Å². The number of amides is 3. The maximum atomic E-state index is 14.6. The Bertz CT molecular complexity index is 1380. The number of rotatable bonds is 7. The monoisotopic (exact) mass is 575 g/mol. The zero-order valence-corrected chi connectivity index (χ0v) is 23.7. The van der Waals surface area contributed by atoms with Gasteiger partial charge in [0.05, 0.1) is 30.6 Å². The second-order valence-corrected chi connectivity index (χ2v) is 11.6. The van der Waals surface area contributed by atoms with Gasteiger partial charge < -0.3 is 24.5 Å². The Labute approximate surface area is 244 Å². The number of aliphatic hydroxyl groups excluding tert-OH is 1. The van der Waals surface area contributed by atoms with Crippen molar-refractivity contribution < 1.29 is 24.2 Å². The molecule has 9 heteroatoms. The third kappa shape index (κ3) is 4.58. The molecule has 1 unspecified atom stereocenters. The van der Waals surface area contributed by atoms with Crippen LogP contribution in [-0.4, -0.2) is 82.7 Å². The number of halogens is 1. The molecule has 0 aliphatic carbocycles. The number of benzene rings is 2. The smallest absolute Gasteiger partial charge is 0.253 e. The van der Waals surface area contributed by atoms with E-state index in [0.717, 1.165) is 12.0 Å². The molecule has 2 fully saturated rings. The summed E-state index contributed by atoms with van der Waals surface area (Å²) >= 11 is 6.13. The highest BCUT2D eigenvalue weighted by molar-refractivity contribution is 6.30. The van der Waals surface area contributed by atoms with E-state index in [1.807, 2.05) is 61.6 Å². The molecule has 2 aromatic carbocycles. The fraction of sp³-hybridized carbons (Fsp3) is 0.406. The summed E-state index contributed by atoms with van der Waals surface area (Å²) in [5, 5.41) is 11.2. The first-order valence-electron chi connectivity index (χ1n) is 14.2. The van der Waals surface area contributed by atoms with Crippen LogP contribution in [-0.2, 0) is 25.5 Å². The van der Waals surface area contributed by atoms with Crippen LogP contribution in [0.25, 0.3) is 0 Å². The highest BCUT2D eigenvalue weighted by atomic mass is 35.5. The first-order chi connectivity index (χ1) is 19.9. The number of carbonyl (C=O) groups excluding carboxylic acids is 3. The van der Waals surface area contributed by atoms with Crippen LogP contribution in [0, 0.1) is 11.8 Å². The van der Waals surface area contributed by atoms with E-state index in [-0.39, 0.29) is 30.9 Å². The molecule has 6 rings (SSSR count). The Morgan fingerprint density at radius 3 is 2.46 bits per heavy atom. The summed E-state index contributed by atoms with van der Waals surface area (Å²) in [7, 11) is 0. The predicted octanol–water partition coefficient (Wildman–Crippen LogP) is 3.24. The van der Waals surface area contributed by atoms with Crippen LogP contribution in [0.4, 0.5) is 5.69 Å². The van der Waals surface area contributed by atoms with E-state index >= 15 is 0 Å². The first kappa shape index (κ1) is 27.7. The molecule has 3 amide bonds. The Kier molecular flexibility index (Phi) is 7.49. The van der Waals surface area contributed by atoms with E-state index < -0.39 is 35.6 Å². The molecule has 2 saturated heterocycles. The fourth-order valence-corrected chi connectivity index (χ4v) is 7.11. The molecule has 0 radical (unpaired) electrons. The van der Waals surface area contributed by atoms with Crippen molar-refractivity contribution in [3.05, 3.63) is 89.5 Å². The quantitative estimate of drug-likeness (QED) is 0.512. The van der Waals surface area contributed by atoms with Crippen LogP contribution in [0.15, 0.2) is 78.9 Å². The number of nitrogens with zero attached hydrogens (tertiary/aromatic N) is 3. The number of ether oxygens (including phenoxy) is 1. The average Bonchev–Trinajstić information content (AvgIpc) is 3.30. The average molecular weight is 576 g/mol. The maximum Gasteiger partial charge on any atom is 0.253 e. The van der Waals surface area contributed by atoms with Crippen molar-refractivity contribution >= 4 is 35.0 Å². The molecule has 6 atom stereocenters. The lowest BCUT2D eigenvalue weighted by atomic mass is 9.77. The van der Waals surface area contributed by atoms with Gasteiger partial charge in [0.2, 0.25) is 11.8 Å². The van der Waals surface area contributed by atoms with Crippen molar-refractivity contribution in [3.8, 4) is 0 Å².